The van der Waals surface area contributed by atoms with E-state index in [4.69, 9.17) is 9.47 Å². The largest absolute Gasteiger partial charge is 0.426 e. The third-order valence-electron chi connectivity index (χ3n) is 3.94. The van der Waals surface area contributed by atoms with Crippen LogP contribution in [0, 0.1) is 10.1 Å². The number of rotatable bonds is 7. The molecule has 0 aliphatic carbocycles. The van der Waals surface area contributed by atoms with Crippen LogP contribution in [0.1, 0.15) is 22.8 Å². The van der Waals surface area contributed by atoms with Crippen LogP contribution < -0.4 is 14.9 Å². The van der Waals surface area contributed by atoms with Crippen molar-refractivity contribution < 1.29 is 24.0 Å². The molecule has 0 atom stereocenters. The molecular formula is C22H17N3O6. The summed E-state index contributed by atoms with van der Waals surface area (Å²) in [6.45, 7) is 1.25. The first kappa shape index (κ1) is 21.2. The lowest BCUT2D eigenvalue weighted by atomic mass is 10.2. The quantitative estimate of drug-likeness (QED) is 0.200. The van der Waals surface area contributed by atoms with E-state index in [1.54, 1.807) is 54.7 Å². The van der Waals surface area contributed by atoms with Crippen molar-refractivity contribution in [2.24, 2.45) is 5.10 Å². The molecule has 0 aliphatic heterocycles. The van der Waals surface area contributed by atoms with Crippen molar-refractivity contribution in [1.29, 1.82) is 0 Å². The minimum absolute atomic E-state index is 0.00450. The van der Waals surface area contributed by atoms with E-state index in [2.05, 4.69) is 10.5 Å². The van der Waals surface area contributed by atoms with Gasteiger partial charge in [0.1, 0.15) is 17.1 Å². The number of anilines is 1. The van der Waals surface area contributed by atoms with Gasteiger partial charge in [0.2, 0.25) is 0 Å². The molecule has 0 unspecified atom stereocenters. The normalized spacial score (nSPS) is 10.5. The van der Waals surface area contributed by atoms with Crippen molar-refractivity contribution in [2.45, 2.75) is 6.92 Å². The number of carbonyl (C=O) groups excluding carboxylic acids is 2. The molecule has 156 valence electrons. The molecule has 3 rings (SSSR count). The van der Waals surface area contributed by atoms with Crippen molar-refractivity contribution in [3.8, 4) is 11.5 Å². The number of nitro benzene ring substituents is 1. The average Bonchev–Trinajstić information content (AvgIpc) is 2.75. The highest BCUT2D eigenvalue weighted by Crippen LogP contribution is 2.21. The lowest BCUT2D eigenvalue weighted by Gasteiger charge is -2.08. The van der Waals surface area contributed by atoms with Crippen LogP contribution in [0.3, 0.4) is 0 Å². The van der Waals surface area contributed by atoms with Gasteiger partial charge in [-0.1, -0.05) is 12.1 Å². The minimum atomic E-state index is -0.655. The first-order valence-electron chi connectivity index (χ1n) is 9.05. The van der Waals surface area contributed by atoms with Crippen molar-refractivity contribution in [1.82, 2.24) is 0 Å². The fraction of sp³-hybridized carbons (Fsp3) is 0.0455. The van der Waals surface area contributed by atoms with Gasteiger partial charge in [0.15, 0.2) is 0 Å². The zero-order valence-electron chi connectivity index (χ0n) is 16.3. The predicted octanol–water partition coefficient (Wildman–Crippen LogP) is 4.19. The smallest absolute Gasteiger partial charge is 0.347 e. The van der Waals surface area contributed by atoms with E-state index in [0.29, 0.717) is 11.4 Å². The second-order valence-electron chi connectivity index (χ2n) is 6.22. The van der Waals surface area contributed by atoms with Gasteiger partial charge in [-0.15, -0.1) is 0 Å². The number of para-hydroxylation sites is 1. The summed E-state index contributed by atoms with van der Waals surface area (Å²) in [7, 11) is 0. The average molecular weight is 419 g/mol. The van der Waals surface area contributed by atoms with Crippen molar-refractivity contribution in [3.63, 3.8) is 0 Å². The zero-order chi connectivity index (χ0) is 22.2. The Kier molecular flexibility index (Phi) is 6.69. The molecule has 9 heteroatoms. The number of hydrogen-bond donors (Lipinski definition) is 1. The highest BCUT2D eigenvalue weighted by Gasteiger charge is 2.15. The molecule has 0 amide bonds. The van der Waals surface area contributed by atoms with E-state index in [1.807, 2.05) is 0 Å². The van der Waals surface area contributed by atoms with Gasteiger partial charge < -0.3 is 9.47 Å². The maximum absolute atomic E-state index is 12.4. The standard InChI is InChI=1S/C22H17N3O6/c1-15(26)30-21-5-3-2-4-20(21)22(27)31-19-12-6-16(7-13-19)14-23-24-17-8-10-18(11-9-17)25(28)29/h2-14,24H,1H3/b23-14+. The number of carbonyl (C=O) groups is 2. The zero-order valence-corrected chi connectivity index (χ0v) is 16.3. The first-order valence-corrected chi connectivity index (χ1v) is 9.05. The Hall–Kier alpha value is -4.53. The van der Waals surface area contributed by atoms with Crippen molar-refractivity contribution >= 4 is 29.5 Å². The van der Waals surface area contributed by atoms with Gasteiger partial charge in [-0.25, -0.2) is 4.79 Å². The summed E-state index contributed by atoms with van der Waals surface area (Å²) in [6, 6.07) is 18.7. The summed E-state index contributed by atoms with van der Waals surface area (Å²) in [5.74, 6) is -0.756. The predicted molar refractivity (Wildman–Crippen MR) is 113 cm³/mol. The summed E-state index contributed by atoms with van der Waals surface area (Å²) >= 11 is 0. The number of ether oxygens (including phenoxy) is 2. The van der Waals surface area contributed by atoms with E-state index in [9.17, 15) is 19.7 Å². The molecule has 0 heterocycles. The Bertz CT molecular complexity index is 1120. The van der Waals surface area contributed by atoms with E-state index in [0.717, 1.165) is 5.56 Å². The Morgan fingerprint density at radius 2 is 1.65 bits per heavy atom. The lowest BCUT2D eigenvalue weighted by Crippen LogP contribution is -2.12. The maximum atomic E-state index is 12.4. The van der Waals surface area contributed by atoms with Crippen LogP contribution in [0.15, 0.2) is 77.9 Å². The van der Waals surface area contributed by atoms with Crippen LogP contribution in [0.5, 0.6) is 11.5 Å². The molecule has 31 heavy (non-hydrogen) atoms. The SMILES string of the molecule is CC(=O)Oc1ccccc1C(=O)Oc1ccc(/C=N/Nc2ccc([N+](=O)[O-])cc2)cc1. The fourth-order valence-electron chi connectivity index (χ4n) is 2.50. The molecule has 0 saturated carbocycles. The number of benzene rings is 3. The second kappa shape index (κ2) is 9.79. The molecule has 9 nitrogen and oxygen atoms in total. The Morgan fingerprint density at radius 3 is 2.29 bits per heavy atom. The lowest BCUT2D eigenvalue weighted by molar-refractivity contribution is -0.384. The van der Waals surface area contributed by atoms with E-state index in [-0.39, 0.29) is 17.0 Å². The van der Waals surface area contributed by atoms with Crippen LogP contribution in [-0.4, -0.2) is 23.1 Å². The maximum Gasteiger partial charge on any atom is 0.347 e. The van der Waals surface area contributed by atoms with E-state index < -0.39 is 16.9 Å². The minimum Gasteiger partial charge on any atom is -0.426 e. The fourth-order valence-corrected chi connectivity index (χ4v) is 2.50. The monoisotopic (exact) mass is 419 g/mol. The molecule has 3 aromatic rings. The molecule has 0 saturated heterocycles. The van der Waals surface area contributed by atoms with Gasteiger partial charge in [0.25, 0.3) is 5.69 Å². The second-order valence-corrected chi connectivity index (χ2v) is 6.22. The third-order valence-corrected chi connectivity index (χ3v) is 3.94. The van der Waals surface area contributed by atoms with Crippen LogP contribution >= 0.6 is 0 Å². The topological polar surface area (TPSA) is 120 Å². The number of nitrogens with one attached hydrogen (secondary N) is 1. The van der Waals surface area contributed by atoms with Gasteiger partial charge in [0.05, 0.1) is 16.8 Å². The number of hydrazone groups is 1. The first-order chi connectivity index (χ1) is 14.9. The highest BCUT2D eigenvalue weighted by atomic mass is 16.6. The summed E-state index contributed by atoms with van der Waals surface area (Å²) in [5.41, 5.74) is 4.23. The Morgan fingerprint density at radius 1 is 0.968 bits per heavy atom. The number of hydrogen-bond acceptors (Lipinski definition) is 8. The van der Waals surface area contributed by atoms with Crippen LogP contribution in [0.2, 0.25) is 0 Å². The van der Waals surface area contributed by atoms with E-state index in [1.165, 1.54) is 31.2 Å². The summed E-state index contributed by atoms with van der Waals surface area (Å²) in [4.78, 5) is 33.8. The van der Waals surface area contributed by atoms with Crippen molar-refractivity contribution in [3.05, 3.63) is 94.0 Å². The molecule has 0 aliphatic rings. The molecule has 0 fully saturated rings. The number of nitrogens with zero attached hydrogens (tertiary/aromatic N) is 2. The molecule has 0 aromatic heterocycles. The number of esters is 2. The molecule has 1 N–H and O–H groups in total. The van der Waals surface area contributed by atoms with Gasteiger partial charge in [-0.2, -0.15) is 5.10 Å². The van der Waals surface area contributed by atoms with Gasteiger partial charge >= 0.3 is 11.9 Å². The van der Waals surface area contributed by atoms with Crippen LogP contribution in [-0.2, 0) is 4.79 Å². The number of non-ortho nitro benzene ring substituents is 1. The summed E-state index contributed by atoms with van der Waals surface area (Å²) < 4.78 is 10.4. The number of nitro groups is 1. The molecule has 0 bridgehead atoms. The Balaban J connectivity index is 1.60. The van der Waals surface area contributed by atoms with Crippen LogP contribution in [0.4, 0.5) is 11.4 Å². The molecule has 0 radical (unpaired) electrons. The van der Waals surface area contributed by atoms with Crippen molar-refractivity contribution in [2.75, 3.05) is 5.43 Å². The molecule has 0 spiro atoms. The van der Waals surface area contributed by atoms with Gasteiger partial charge in [0, 0.05) is 19.1 Å². The van der Waals surface area contributed by atoms with Gasteiger partial charge in [-0.05, 0) is 54.1 Å². The highest BCUT2D eigenvalue weighted by molar-refractivity contribution is 5.94. The summed E-state index contributed by atoms with van der Waals surface area (Å²) in [5, 5.41) is 14.7. The Labute approximate surface area is 177 Å². The third kappa shape index (κ3) is 5.97. The van der Waals surface area contributed by atoms with Crippen LogP contribution in [0.25, 0.3) is 0 Å². The summed E-state index contributed by atoms with van der Waals surface area (Å²) in [6.07, 6.45) is 1.54. The molecule has 3 aromatic carbocycles. The molecular weight excluding hydrogens is 402 g/mol. The van der Waals surface area contributed by atoms with Gasteiger partial charge in [-0.3, -0.25) is 20.3 Å². The van der Waals surface area contributed by atoms with E-state index >= 15 is 0 Å².